The van der Waals surface area contributed by atoms with Gasteiger partial charge >= 0.3 is 0 Å². The maximum atomic E-state index is 12.7. The third kappa shape index (κ3) is 3.81. The van der Waals surface area contributed by atoms with Gasteiger partial charge in [-0.2, -0.15) is 0 Å². The Balaban J connectivity index is 1.88. The van der Waals surface area contributed by atoms with Crippen molar-refractivity contribution >= 4 is 5.91 Å². The van der Waals surface area contributed by atoms with Gasteiger partial charge in [0, 0.05) is 12.1 Å². The summed E-state index contributed by atoms with van der Waals surface area (Å²) < 4.78 is 12.7. The molecule has 0 saturated heterocycles. The lowest BCUT2D eigenvalue weighted by molar-refractivity contribution is -0.120. The Morgan fingerprint density at radius 2 is 1.79 bits per heavy atom. The molecular weight excluding hydrogens is 245 g/mol. The van der Waals surface area contributed by atoms with Crippen LogP contribution in [0.1, 0.15) is 11.1 Å². The maximum Gasteiger partial charge on any atom is 0.224 e. The van der Waals surface area contributed by atoms with Gasteiger partial charge < -0.3 is 10.4 Å². The number of carbonyl (C=O) groups is 1. The molecule has 98 valence electrons. The molecular formula is C15H14FNO2. The molecule has 2 aromatic carbocycles. The average molecular weight is 259 g/mol. The second-order valence-electron chi connectivity index (χ2n) is 4.21. The van der Waals surface area contributed by atoms with Gasteiger partial charge in [0.15, 0.2) is 0 Å². The number of phenols is 1. The summed E-state index contributed by atoms with van der Waals surface area (Å²) in [5.41, 5.74) is 1.41. The molecule has 1 amide bonds. The van der Waals surface area contributed by atoms with Crippen molar-refractivity contribution < 1.29 is 14.3 Å². The lowest BCUT2D eigenvalue weighted by atomic mass is 10.1. The second kappa shape index (κ2) is 6.00. The van der Waals surface area contributed by atoms with Crippen molar-refractivity contribution in [3.8, 4) is 5.75 Å². The van der Waals surface area contributed by atoms with Crippen LogP contribution in [0.15, 0.2) is 48.5 Å². The number of hydrogen-bond acceptors (Lipinski definition) is 2. The minimum absolute atomic E-state index is 0.111. The zero-order chi connectivity index (χ0) is 13.7. The fourth-order valence-electron chi connectivity index (χ4n) is 1.70. The van der Waals surface area contributed by atoms with Crippen LogP contribution in [0.2, 0.25) is 0 Å². The highest BCUT2D eigenvalue weighted by Gasteiger charge is 2.06. The van der Waals surface area contributed by atoms with Crippen LogP contribution in [0, 0.1) is 5.82 Å². The first-order valence-corrected chi connectivity index (χ1v) is 5.93. The molecule has 0 fully saturated rings. The largest absolute Gasteiger partial charge is 0.508 e. The minimum Gasteiger partial charge on any atom is -0.508 e. The predicted octanol–water partition coefficient (Wildman–Crippen LogP) is 2.39. The molecule has 0 aromatic heterocycles. The molecule has 0 atom stereocenters. The molecule has 0 aliphatic heterocycles. The lowest BCUT2D eigenvalue weighted by Gasteiger charge is -2.06. The Bertz CT molecular complexity index is 567. The normalized spacial score (nSPS) is 10.2. The molecule has 0 heterocycles. The summed E-state index contributed by atoms with van der Waals surface area (Å²) in [6.45, 7) is 0.340. The summed E-state index contributed by atoms with van der Waals surface area (Å²) in [7, 11) is 0. The molecule has 2 aromatic rings. The summed E-state index contributed by atoms with van der Waals surface area (Å²) in [5, 5.41) is 12.3. The monoisotopic (exact) mass is 259 g/mol. The Hall–Kier alpha value is -2.36. The summed E-state index contributed by atoms with van der Waals surface area (Å²) in [6, 6.07) is 12.7. The van der Waals surface area contributed by atoms with Crippen molar-refractivity contribution in [1.82, 2.24) is 5.32 Å². The molecule has 0 spiro atoms. The molecule has 4 heteroatoms. The number of hydrogen-bond donors (Lipinski definition) is 2. The third-order valence-electron chi connectivity index (χ3n) is 2.75. The van der Waals surface area contributed by atoms with E-state index in [9.17, 15) is 14.3 Å². The van der Waals surface area contributed by atoms with Gasteiger partial charge in [0.25, 0.3) is 0 Å². The fraction of sp³-hybridized carbons (Fsp3) is 0.133. The molecule has 2 rings (SSSR count). The molecule has 0 radical (unpaired) electrons. The van der Waals surface area contributed by atoms with Crippen molar-refractivity contribution in [1.29, 1.82) is 0 Å². The van der Waals surface area contributed by atoms with Crippen LogP contribution in [0.3, 0.4) is 0 Å². The summed E-state index contributed by atoms with van der Waals surface area (Å²) in [5.74, 6) is -0.380. The van der Waals surface area contributed by atoms with Gasteiger partial charge in [-0.15, -0.1) is 0 Å². The van der Waals surface area contributed by atoms with E-state index in [0.717, 1.165) is 5.56 Å². The van der Waals surface area contributed by atoms with Crippen molar-refractivity contribution in [2.75, 3.05) is 0 Å². The van der Waals surface area contributed by atoms with Crippen molar-refractivity contribution in [2.45, 2.75) is 13.0 Å². The van der Waals surface area contributed by atoms with Crippen molar-refractivity contribution in [3.05, 3.63) is 65.5 Å². The number of amides is 1. The molecule has 0 aliphatic rings. The van der Waals surface area contributed by atoms with E-state index in [0.29, 0.717) is 12.1 Å². The highest BCUT2D eigenvalue weighted by molar-refractivity contribution is 5.79. The van der Waals surface area contributed by atoms with Crippen molar-refractivity contribution in [2.24, 2.45) is 0 Å². The standard InChI is InChI=1S/C15H14FNO2/c16-13-7-5-11(6-8-13)10-17-15(19)9-12-3-1-2-4-14(12)18/h1-8,18H,9-10H2,(H,17,19). The maximum absolute atomic E-state index is 12.7. The summed E-state index contributed by atoms with van der Waals surface area (Å²) in [4.78, 5) is 11.7. The Labute approximate surface area is 110 Å². The van der Waals surface area contributed by atoms with Crippen LogP contribution in [0.4, 0.5) is 4.39 Å². The first kappa shape index (κ1) is 13.1. The van der Waals surface area contributed by atoms with Crippen LogP contribution in [0.5, 0.6) is 5.75 Å². The zero-order valence-electron chi connectivity index (χ0n) is 10.3. The van der Waals surface area contributed by atoms with E-state index in [2.05, 4.69) is 5.32 Å². The lowest BCUT2D eigenvalue weighted by Crippen LogP contribution is -2.24. The average Bonchev–Trinajstić information content (AvgIpc) is 2.41. The molecule has 2 N–H and O–H groups in total. The third-order valence-corrected chi connectivity index (χ3v) is 2.75. The topological polar surface area (TPSA) is 49.3 Å². The molecule has 0 unspecified atom stereocenters. The van der Waals surface area contributed by atoms with Gasteiger partial charge in [0.2, 0.25) is 5.91 Å². The molecule has 3 nitrogen and oxygen atoms in total. The molecule has 0 aliphatic carbocycles. The fourth-order valence-corrected chi connectivity index (χ4v) is 1.70. The van der Waals surface area contributed by atoms with Gasteiger partial charge in [-0.05, 0) is 23.8 Å². The van der Waals surface area contributed by atoms with E-state index in [1.807, 2.05) is 0 Å². The number of nitrogens with one attached hydrogen (secondary N) is 1. The first-order valence-electron chi connectivity index (χ1n) is 5.93. The van der Waals surface area contributed by atoms with Gasteiger partial charge in [-0.3, -0.25) is 4.79 Å². The molecule has 19 heavy (non-hydrogen) atoms. The highest BCUT2D eigenvalue weighted by atomic mass is 19.1. The summed E-state index contributed by atoms with van der Waals surface area (Å²) >= 11 is 0. The number of rotatable bonds is 4. The van der Waals surface area contributed by atoms with Crippen molar-refractivity contribution in [3.63, 3.8) is 0 Å². The number of carbonyl (C=O) groups excluding carboxylic acids is 1. The van der Waals surface area contributed by atoms with Gasteiger partial charge in [0.1, 0.15) is 11.6 Å². The van der Waals surface area contributed by atoms with Crippen LogP contribution < -0.4 is 5.32 Å². The minimum atomic E-state index is -0.302. The van der Waals surface area contributed by atoms with Gasteiger partial charge in [0.05, 0.1) is 6.42 Å². The zero-order valence-corrected chi connectivity index (χ0v) is 10.3. The van der Waals surface area contributed by atoms with Crippen LogP contribution >= 0.6 is 0 Å². The number of para-hydroxylation sites is 1. The van der Waals surface area contributed by atoms with Gasteiger partial charge in [-0.25, -0.2) is 4.39 Å². The Morgan fingerprint density at radius 3 is 2.47 bits per heavy atom. The Morgan fingerprint density at radius 1 is 1.11 bits per heavy atom. The Kier molecular flexibility index (Phi) is 4.13. The smallest absolute Gasteiger partial charge is 0.224 e. The molecule has 0 saturated carbocycles. The SMILES string of the molecule is O=C(Cc1ccccc1O)NCc1ccc(F)cc1. The number of benzene rings is 2. The van der Waals surface area contributed by atoms with E-state index in [1.54, 1.807) is 36.4 Å². The van der Waals surface area contributed by atoms with E-state index < -0.39 is 0 Å². The quantitative estimate of drug-likeness (QED) is 0.885. The number of halogens is 1. The van der Waals surface area contributed by atoms with Gasteiger partial charge in [-0.1, -0.05) is 30.3 Å². The summed E-state index contributed by atoms with van der Waals surface area (Å²) in [6.07, 6.45) is 0.119. The number of aromatic hydroxyl groups is 1. The number of phenolic OH excluding ortho intramolecular Hbond substituents is 1. The van der Waals surface area contributed by atoms with E-state index >= 15 is 0 Å². The van der Waals surface area contributed by atoms with E-state index in [1.165, 1.54) is 12.1 Å². The van der Waals surface area contributed by atoms with Crippen LogP contribution in [-0.4, -0.2) is 11.0 Å². The van der Waals surface area contributed by atoms with E-state index in [-0.39, 0.29) is 23.9 Å². The first-order chi connectivity index (χ1) is 9.15. The van der Waals surface area contributed by atoms with Crippen LogP contribution in [0.25, 0.3) is 0 Å². The molecule has 0 bridgehead atoms. The van der Waals surface area contributed by atoms with E-state index in [4.69, 9.17) is 0 Å². The predicted molar refractivity (Wildman–Crippen MR) is 70.1 cm³/mol. The highest BCUT2D eigenvalue weighted by Crippen LogP contribution is 2.15. The van der Waals surface area contributed by atoms with Crippen LogP contribution in [-0.2, 0) is 17.8 Å². The second-order valence-corrected chi connectivity index (χ2v) is 4.21.